The van der Waals surface area contributed by atoms with E-state index in [1.54, 1.807) is 0 Å². The number of hydrogen-bond acceptors (Lipinski definition) is 0. The molecular weight excluding hydrogens is 116 g/mol. The zero-order valence-corrected chi connectivity index (χ0v) is 4.94. The third kappa shape index (κ3) is 4.20. The van der Waals surface area contributed by atoms with Crippen LogP contribution in [0.4, 0.5) is 0 Å². The lowest BCUT2D eigenvalue weighted by atomic mass is 10.5. The molecule has 1 atom stereocenters. The third-order valence-corrected chi connectivity index (χ3v) is 0.485. The van der Waals surface area contributed by atoms with Crippen molar-refractivity contribution in [3.05, 3.63) is 0 Å². The Hall–Kier alpha value is 0.200. The van der Waals surface area contributed by atoms with E-state index in [2.05, 4.69) is 23.9 Å². The summed E-state index contributed by atoms with van der Waals surface area (Å²) in [6.07, 6.45) is 0. The van der Waals surface area contributed by atoms with Crippen LogP contribution in [0.25, 0.3) is 0 Å². The minimum absolute atomic E-state index is 0.0116. The van der Waals surface area contributed by atoms with Gasteiger partial charge in [-0.25, -0.2) is 0 Å². The Balaban J connectivity index is 3.20. The number of rotatable bonds is 0. The lowest BCUT2D eigenvalue weighted by Gasteiger charge is -1.78. The van der Waals surface area contributed by atoms with Crippen molar-refractivity contribution in [2.24, 2.45) is 0 Å². The molecule has 0 aliphatic heterocycles. The first-order valence-electron chi connectivity index (χ1n) is 1.54. The molecule has 0 aromatic carbocycles. The molecule has 0 rings (SSSR count). The van der Waals surface area contributed by atoms with Gasteiger partial charge in [-0.05, 0) is 18.5 Å². The Labute approximate surface area is 48.3 Å². The van der Waals surface area contributed by atoms with Gasteiger partial charge in [-0.3, -0.25) is 0 Å². The first-order chi connectivity index (χ1) is 2.77. The molecule has 0 aliphatic rings. The van der Waals surface area contributed by atoms with Crippen LogP contribution in [0.2, 0.25) is 0 Å². The van der Waals surface area contributed by atoms with Gasteiger partial charge in [0, 0.05) is 5.38 Å². The van der Waals surface area contributed by atoms with Gasteiger partial charge >= 0.3 is 0 Å². The summed E-state index contributed by atoms with van der Waals surface area (Å²) in [4.78, 5) is 0. The van der Waals surface area contributed by atoms with Crippen LogP contribution < -0.4 is 0 Å². The maximum absolute atomic E-state index is 4.97. The van der Waals surface area contributed by atoms with Crippen LogP contribution in [0.3, 0.4) is 0 Å². The molecule has 0 saturated heterocycles. The second-order valence-electron chi connectivity index (χ2n) is 0.881. The smallest absolute Gasteiger partial charge is 0.0745 e. The second kappa shape index (κ2) is 3.39. The molecule has 1 unspecified atom stereocenters. The van der Waals surface area contributed by atoms with E-state index in [1.165, 1.54) is 0 Å². The molecule has 0 amide bonds. The largest absolute Gasteiger partial charge is 0.0765 e. The summed E-state index contributed by atoms with van der Waals surface area (Å²) in [6.45, 7) is 1.81. The predicted octanol–water partition coefficient (Wildman–Crippen LogP) is 1.77. The van der Waals surface area contributed by atoms with Crippen LogP contribution in [0.5, 0.6) is 0 Å². The first kappa shape index (κ1) is 6.20. The van der Waals surface area contributed by atoms with E-state index in [0.29, 0.717) is 0 Å². The highest BCUT2D eigenvalue weighted by atomic mass is 35.5. The molecule has 0 spiro atoms. The second-order valence-corrected chi connectivity index (χ2v) is 1.78. The molecule has 0 aromatic heterocycles. The van der Waals surface area contributed by atoms with E-state index in [0.717, 1.165) is 0 Å². The third-order valence-electron chi connectivity index (χ3n) is 0.258. The molecular formula is C4H4ClS. The standard InChI is InChI=1S/C4H4ClS/c1-4(6)2-3-5/h4H,1H3. The van der Waals surface area contributed by atoms with Crippen LogP contribution >= 0.6 is 24.2 Å². The Bertz CT molecular complexity index is 77.3. The molecule has 1 radical (unpaired) electrons. The molecule has 0 bridgehead atoms. The Morgan fingerprint density at radius 1 is 1.83 bits per heavy atom. The van der Waals surface area contributed by atoms with Crippen LogP contribution in [0, 0.1) is 11.3 Å². The lowest BCUT2D eigenvalue weighted by molar-refractivity contribution is 1.32. The van der Waals surface area contributed by atoms with Crippen molar-refractivity contribution in [1.29, 1.82) is 0 Å². The number of halogens is 1. The zero-order chi connectivity index (χ0) is 4.99. The van der Waals surface area contributed by atoms with Crippen molar-refractivity contribution >= 4 is 24.2 Å². The van der Waals surface area contributed by atoms with Gasteiger partial charge in [-0.15, -0.1) is 0 Å². The van der Waals surface area contributed by atoms with Crippen molar-refractivity contribution in [2.75, 3.05) is 0 Å². The van der Waals surface area contributed by atoms with Crippen molar-refractivity contribution < 1.29 is 0 Å². The Morgan fingerprint density at radius 3 is 2.33 bits per heavy atom. The quantitative estimate of drug-likeness (QED) is 0.427. The van der Waals surface area contributed by atoms with Gasteiger partial charge < -0.3 is 0 Å². The van der Waals surface area contributed by atoms with E-state index < -0.39 is 0 Å². The fourth-order valence-electron chi connectivity index (χ4n) is 0.0768. The molecule has 0 heterocycles. The maximum atomic E-state index is 4.97. The van der Waals surface area contributed by atoms with Gasteiger partial charge in [0.25, 0.3) is 0 Å². The minimum atomic E-state index is -0.0116. The van der Waals surface area contributed by atoms with Crippen LogP contribution in [-0.4, -0.2) is 5.25 Å². The Morgan fingerprint density at radius 2 is 2.33 bits per heavy atom. The van der Waals surface area contributed by atoms with Crippen LogP contribution in [-0.2, 0) is 0 Å². The van der Waals surface area contributed by atoms with E-state index >= 15 is 0 Å². The van der Waals surface area contributed by atoms with Gasteiger partial charge in [0.15, 0.2) is 0 Å². The van der Waals surface area contributed by atoms with E-state index in [1.807, 2.05) is 6.92 Å². The molecule has 6 heavy (non-hydrogen) atoms. The first-order valence-corrected chi connectivity index (χ1v) is 2.39. The fraction of sp³-hybridized carbons (Fsp3) is 0.500. The average Bonchev–Trinajstić information content (AvgIpc) is 1.35. The molecule has 33 valence electrons. The summed E-state index contributed by atoms with van der Waals surface area (Å²) in [6, 6.07) is 0. The van der Waals surface area contributed by atoms with Gasteiger partial charge in [0.2, 0.25) is 0 Å². The molecule has 0 nitrogen and oxygen atoms in total. The highest BCUT2D eigenvalue weighted by Gasteiger charge is 1.79. The SMILES string of the molecule is CC([S])C#CCl. The summed E-state index contributed by atoms with van der Waals surface area (Å²) < 4.78 is 0. The van der Waals surface area contributed by atoms with Gasteiger partial charge in [-0.2, -0.15) is 0 Å². The monoisotopic (exact) mass is 119 g/mol. The van der Waals surface area contributed by atoms with E-state index in [-0.39, 0.29) is 5.25 Å². The van der Waals surface area contributed by atoms with Gasteiger partial charge in [0.1, 0.15) is 0 Å². The van der Waals surface area contributed by atoms with Gasteiger partial charge in [-0.1, -0.05) is 18.5 Å². The summed E-state index contributed by atoms with van der Waals surface area (Å²) in [5.74, 6) is 2.54. The fourth-order valence-corrected chi connectivity index (χ4v) is 0.364. The molecule has 2 heteroatoms. The topological polar surface area (TPSA) is 0 Å². The Kier molecular flexibility index (Phi) is 3.51. The summed E-state index contributed by atoms with van der Waals surface area (Å²) in [5.41, 5.74) is 0. The van der Waals surface area contributed by atoms with Gasteiger partial charge in [0.05, 0.1) is 5.25 Å². The van der Waals surface area contributed by atoms with Crippen molar-refractivity contribution in [3.63, 3.8) is 0 Å². The molecule has 0 aliphatic carbocycles. The van der Waals surface area contributed by atoms with Crippen molar-refractivity contribution in [2.45, 2.75) is 12.2 Å². The van der Waals surface area contributed by atoms with E-state index in [4.69, 9.17) is 11.6 Å². The molecule has 0 aromatic rings. The van der Waals surface area contributed by atoms with E-state index in [9.17, 15) is 0 Å². The normalized spacial score (nSPS) is 11.8. The van der Waals surface area contributed by atoms with Crippen LogP contribution in [0.1, 0.15) is 6.92 Å². The lowest BCUT2D eigenvalue weighted by Crippen LogP contribution is -1.78. The number of hydrogen-bond donors (Lipinski definition) is 0. The molecule has 0 fully saturated rings. The highest BCUT2D eigenvalue weighted by Crippen LogP contribution is 1.86. The van der Waals surface area contributed by atoms with Crippen molar-refractivity contribution in [1.82, 2.24) is 0 Å². The summed E-state index contributed by atoms with van der Waals surface area (Å²) in [7, 11) is 0. The average molecular weight is 120 g/mol. The maximum Gasteiger partial charge on any atom is 0.0745 e. The van der Waals surface area contributed by atoms with Crippen LogP contribution in [0.15, 0.2) is 0 Å². The zero-order valence-electron chi connectivity index (χ0n) is 3.36. The summed E-state index contributed by atoms with van der Waals surface area (Å²) in [5, 5.41) is 2.17. The molecule has 0 saturated carbocycles. The summed E-state index contributed by atoms with van der Waals surface area (Å²) >= 11 is 9.59. The highest BCUT2D eigenvalue weighted by molar-refractivity contribution is 7.81. The molecule has 0 N–H and O–H groups in total. The minimum Gasteiger partial charge on any atom is -0.0765 e. The predicted molar refractivity (Wildman–Crippen MR) is 30.7 cm³/mol. The van der Waals surface area contributed by atoms with Crippen molar-refractivity contribution in [3.8, 4) is 11.3 Å².